The Balaban J connectivity index is 2.36. The van der Waals surface area contributed by atoms with Crippen LogP contribution in [0.3, 0.4) is 0 Å². The summed E-state index contributed by atoms with van der Waals surface area (Å²) >= 11 is 12.0. The normalized spacial score (nSPS) is 12.8. The maximum absolute atomic E-state index is 13.9. The summed E-state index contributed by atoms with van der Waals surface area (Å²) in [6.45, 7) is 1.74. The van der Waals surface area contributed by atoms with Gasteiger partial charge in [0.2, 0.25) is 0 Å². The van der Waals surface area contributed by atoms with E-state index in [1.807, 2.05) is 0 Å². The van der Waals surface area contributed by atoms with Gasteiger partial charge in [-0.3, -0.25) is 4.57 Å². The Kier molecular flexibility index (Phi) is 3.59. The smallest absolute Gasteiger partial charge is 0.151 e. The lowest BCUT2D eigenvalue weighted by Crippen LogP contribution is -2.02. The fourth-order valence-electron chi connectivity index (χ4n) is 2.25. The first-order valence-corrected chi connectivity index (χ1v) is 7.07. The molecule has 0 saturated carbocycles. The van der Waals surface area contributed by atoms with Gasteiger partial charge in [-0.25, -0.2) is 13.8 Å². The van der Waals surface area contributed by atoms with Crippen LogP contribution in [0.15, 0.2) is 36.4 Å². The van der Waals surface area contributed by atoms with Gasteiger partial charge in [0.25, 0.3) is 0 Å². The Bertz CT molecular complexity index is 828. The van der Waals surface area contributed by atoms with Gasteiger partial charge in [-0.05, 0) is 37.3 Å². The first-order chi connectivity index (χ1) is 9.99. The van der Waals surface area contributed by atoms with E-state index in [0.717, 1.165) is 0 Å². The first-order valence-electron chi connectivity index (χ1n) is 6.25. The van der Waals surface area contributed by atoms with Gasteiger partial charge in [0, 0.05) is 5.69 Å². The van der Waals surface area contributed by atoms with Crippen molar-refractivity contribution < 1.29 is 8.78 Å². The fourth-order valence-corrected chi connectivity index (χ4v) is 2.57. The highest BCUT2D eigenvalue weighted by atomic mass is 35.5. The first kappa shape index (κ1) is 14.3. The van der Waals surface area contributed by atoms with Crippen LogP contribution in [0.5, 0.6) is 0 Å². The molecule has 1 heterocycles. The lowest BCUT2D eigenvalue weighted by Gasteiger charge is -2.11. The summed E-state index contributed by atoms with van der Waals surface area (Å²) in [5.41, 5.74) is 1.36. The van der Waals surface area contributed by atoms with E-state index >= 15 is 0 Å². The monoisotopic (exact) mass is 326 g/mol. The largest absolute Gasteiger partial charge is 0.295 e. The van der Waals surface area contributed by atoms with Gasteiger partial charge >= 0.3 is 0 Å². The Labute approximate surface area is 129 Å². The molecule has 2 aromatic carbocycles. The van der Waals surface area contributed by atoms with Crippen molar-refractivity contribution in [1.29, 1.82) is 0 Å². The fraction of sp³-hybridized carbons (Fsp3) is 0.133. The van der Waals surface area contributed by atoms with Gasteiger partial charge < -0.3 is 0 Å². The summed E-state index contributed by atoms with van der Waals surface area (Å²) in [5, 5.41) is -0.459. The van der Waals surface area contributed by atoms with Crippen LogP contribution in [0, 0.1) is 11.6 Å². The number of nitrogens with zero attached hydrogens (tertiary/aromatic N) is 2. The molecule has 6 heteroatoms. The molecule has 0 spiro atoms. The van der Waals surface area contributed by atoms with E-state index in [-0.39, 0.29) is 10.5 Å². The van der Waals surface area contributed by atoms with Crippen molar-refractivity contribution in [2.45, 2.75) is 12.3 Å². The number of hydrogen-bond acceptors (Lipinski definition) is 1. The second kappa shape index (κ2) is 5.28. The molecule has 0 N–H and O–H groups in total. The molecule has 0 fully saturated rings. The molecule has 0 aliphatic rings. The summed E-state index contributed by atoms with van der Waals surface area (Å²) in [4.78, 5) is 4.26. The zero-order chi connectivity index (χ0) is 15.1. The molecule has 21 heavy (non-hydrogen) atoms. The maximum Gasteiger partial charge on any atom is 0.151 e. The number of hydrogen-bond donors (Lipinski definition) is 0. The lowest BCUT2D eigenvalue weighted by molar-refractivity contribution is 0.627. The summed E-state index contributed by atoms with van der Waals surface area (Å²) in [6.07, 6.45) is 0. The molecule has 2 nitrogen and oxygen atoms in total. The zero-order valence-corrected chi connectivity index (χ0v) is 12.5. The van der Waals surface area contributed by atoms with Gasteiger partial charge in [-0.2, -0.15) is 0 Å². The predicted molar refractivity (Wildman–Crippen MR) is 80.3 cm³/mol. The molecule has 0 bridgehead atoms. The minimum atomic E-state index is -0.517. The quantitative estimate of drug-likeness (QED) is 0.587. The summed E-state index contributed by atoms with van der Waals surface area (Å²) in [6, 6.07) is 8.92. The number of rotatable bonds is 2. The molecular formula is C15H10Cl2F2N2. The van der Waals surface area contributed by atoms with Crippen LogP contribution in [-0.4, -0.2) is 9.55 Å². The van der Waals surface area contributed by atoms with Crippen LogP contribution in [-0.2, 0) is 0 Å². The average Bonchev–Trinajstić information content (AvgIpc) is 2.83. The Hall–Kier alpha value is -1.65. The van der Waals surface area contributed by atoms with Crippen LogP contribution in [0.2, 0.25) is 5.02 Å². The Morgan fingerprint density at radius 1 is 1.14 bits per heavy atom. The van der Waals surface area contributed by atoms with E-state index in [0.29, 0.717) is 17.0 Å². The highest BCUT2D eigenvalue weighted by Gasteiger charge is 2.19. The summed E-state index contributed by atoms with van der Waals surface area (Å²) in [7, 11) is 0. The predicted octanol–water partition coefficient (Wildman–Crippen LogP) is 5.26. The van der Waals surface area contributed by atoms with Crippen molar-refractivity contribution in [2.75, 3.05) is 0 Å². The van der Waals surface area contributed by atoms with Crippen molar-refractivity contribution in [3.05, 3.63) is 58.9 Å². The van der Waals surface area contributed by atoms with Crippen LogP contribution in [0.4, 0.5) is 8.78 Å². The van der Waals surface area contributed by atoms with Crippen molar-refractivity contribution in [2.24, 2.45) is 0 Å². The lowest BCUT2D eigenvalue weighted by atomic mass is 10.2. The Morgan fingerprint density at radius 3 is 2.57 bits per heavy atom. The number of benzene rings is 2. The van der Waals surface area contributed by atoms with Crippen LogP contribution in [0.1, 0.15) is 18.1 Å². The van der Waals surface area contributed by atoms with Gasteiger partial charge in [0.05, 0.1) is 15.9 Å². The van der Waals surface area contributed by atoms with E-state index in [9.17, 15) is 8.78 Å². The molecule has 1 unspecified atom stereocenters. The van der Waals surface area contributed by atoms with Gasteiger partial charge in [0.15, 0.2) is 5.82 Å². The molecular weight excluding hydrogens is 317 g/mol. The number of aromatic nitrogens is 2. The van der Waals surface area contributed by atoms with Crippen LogP contribution < -0.4 is 0 Å². The summed E-state index contributed by atoms with van der Waals surface area (Å²) in [5.74, 6) is -0.478. The number of alkyl halides is 1. The molecule has 1 aromatic heterocycles. The van der Waals surface area contributed by atoms with Crippen molar-refractivity contribution >= 4 is 34.2 Å². The third-order valence-corrected chi connectivity index (χ3v) is 3.66. The summed E-state index contributed by atoms with van der Waals surface area (Å²) < 4.78 is 28.9. The molecule has 0 aliphatic carbocycles. The number of halogens is 4. The second-order valence-electron chi connectivity index (χ2n) is 4.63. The van der Waals surface area contributed by atoms with E-state index in [1.165, 1.54) is 18.2 Å². The van der Waals surface area contributed by atoms with Gasteiger partial charge in [-0.1, -0.05) is 17.7 Å². The molecule has 0 radical (unpaired) electrons. The third-order valence-electron chi connectivity index (χ3n) is 3.18. The Morgan fingerprint density at radius 2 is 1.90 bits per heavy atom. The highest BCUT2D eigenvalue weighted by molar-refractivity contribution is 6.30. The minimum Gasteiger partial charge on any atom is -0.295 e. The maximum atomic E-state index is 13.9. The number of fused-ring (bicyclic) bond motifs is 1. The SMILES string of the molecule is CC(Cl)c1nc2c(F)cccc2n1-c1ccc(F)c(Cl)c1. The zero-order valence-electron chi connectivity index (χ0n) is 10.9. The van der Waals surface area contributed by atoms with Gasteiger partial charge in [-0.15, -0.1) is 11.6 Å². The third kappa shape index (κ3) is 2.39. The second-order valence-corrected chi connectivity index (χ2v) is 5.69. The standard InChI is InChI=1S/C15H10Cl2F2N2/c1-8(16)15-20-14-12(19)3-2-4-13(14)21(15)9-5-6-11(18)10(17)7-9/h2-8H,1H3. The molecule has 0 aliphatic heterocycles. The molecule has 3 rings (SSSR count). The highest BCUT2D eigenvalue weighted by Crippen LogP contribution is 2.30. The number of para-hydroxylation sites is 1. The van der Waals surface area contributed by atoms with E-state index in [4.69, 9.17) is 23.2 Å². The average molecular weight is 327 g/mol. The van der Waals surface area contributed by atoms with Crippen molar-refractivity contribution in [3.8, 4) is 5.69 Å². The molecule has 0 amide bonds. The molecule has 108 valence electrons. The molecule has 1 atom stereocenters. The van der Waals surface area contributed by atoms with E-state index in [2.05, 4.69) is 4.98 Å². The van der Waals surface area contributed by atoms with E-state index in [1.54, 1.807) is 29.7 Å². The van der Waals surface area contributed by atoms with Crippen LogP contribution in [0.25, 0.3) is 16.7 Å². The topological polar surface area (TPSA) is 17.8 Å². The van der Waals surface area contributed by atoms with Crippen molar-refractivity contribution in [1.82, 2.24) is 9.55 Å². The van der Waals surface area contributed by atoms with E-state index < -0.39 is 17.0 Å². The van der Waals surface area contributed by atoms with Crippen molar-refractivity contribution in [3.63, 3.8) is 0 Å². The molecule has 3 aromatic rings. The van der Waals surface area contributed by atoms with Crippen LogP contribution >= 0.6 is 23.2 Å². The number of imidazole rings is 1. The van der Waals surface area contributed by atoms with Gasteiger partial charge in [0.1, 0.15) is 17.2 Å². The molecule has 0 saturated heterocycles. The minimum absolute atomic E-state index is 0.0149.